The van der Waals surface area contributed by atoms with E-state index in [1.807, 2.05) is 0 Å². The number of nitrogens with zero attached hydrogens (tertiary/aromatic N) is 2. The Morgan fingerprint density at radius 3 is 2.53 bits per heavy atom. The zero-order valence-electron chi connectivity index (χ0n) is 9.93. The Kier molecular flexibility index (Phi) is 4.50. The van der Waals surface area contributed by atoms with Gasteiger partial charge in [0.2, 0.25) is 0 Å². The molecule has 0 aliphatic carbocycles. The number of hydrogen-bond acceptors (Lipinski definition) is 6. The molecule has 0 atom stereocenters. The Morgan fingerprint density at radius 2 is 1.94 bits per heavy atom. The van der Waals surface area contributed by atoms with Crippen molar-refractivity contribution in [1.82, 2.24) is 9.78 Å². The third-order valence-corrected chi connectivity index (χ3v) is 1.73. The molecule has 1 rings (SSSR count). The van der Waals surface area contributed by atoms with E-state index < -0.39 is 12.1 Å². The van der Waals surface area contributed by atoms with Gasteiger partial charge in [-0.1, -0.05) is 0 Å². The van der Waals surface area contributed by atoms with Gasteiger partial charge in [0.1, 0.15) is 5.56 Å². The van der Waals surface area contributed by atoms with Gasteiger partial charge in [-0.25, -0.2) is 9.59 Å². The molecule has 0 bridgehead atoms. The molecule has 0 radical (unpaired) electrons. The molecule has 7 heteroatoms. The second-order valence-electron chi connectivity index (χ2n) is 3.03. The van der Waals surface area contributed by atoms with Crippen molar-refractivity contribution in [3.63, 3.8) is 0 Å². The second-order valence-corrected chi connectivity index (χ2v) is 3.03. The van der Waals surface area contributed by atoms with E-state index in [0.29, 0.717) is 0 Å². The fourth-order valence-electron chi connectivity index (χ4n) is 1.12. The van der Waals surface area contributed by atoms with Crippen LogP contribution in [0.4, 0.5) is 4.79 Å². The Hall–Kier alpha value is -2.05. The lowest BCUT2D eigenvalue weighted by Crippen LogP contribution is -2.13. The average Bonchev–Trinajstić information content (AvgIpc) is 2.60. The van der Waals surface area contributed by atoms with E-state index >= 15 is 0 Å². The summed E-state index contributed by atoms with van der Waals surface area (Å²) in [4.78, 5) is 22.6. The molecule has 1 heterocycles. The highest BCUT2D eigenvalue weighted by Crippen LogP contribution is 2.17. The highest BCUT2D eigenvalue weighted by atomic mass is 16.7. The number of aryl methyl sites for hydroxylation is 1. The minimum atomic E-state index is -0.906. The summed E-state index contributed by atoms with van der Waals surface area (Å²) < 4.78 is 15.5. The van der Waals surface area contributed by atoms with Crippen LogP contribution in [0.5, 0.6) is 5.88 Å². The summed E-state index contributed by atoms with van der Waals surface area (Å²) in [6.45, 7) is 3.74. The van der Waals surface area contributed by atoms with Crippen molar-refractivity contribution >= 4 is 12.1 Å². The van der Waals surface area contributed by atoms with Gasteiger partial charge in [0.05, 0.1) is 13.2 Å². The quantitative estimate of drug-likeness (QED) is 0.736. The Balaban J connectivity index is 2.84. The van der Waals surface area contributed by atoms with Crippen LogP contribution in [0.25, 0.3) is 0 Å². The Bertz CT molecular complexity index is 413. The summed E-state index contributed by atoms with van der Waals surface area (Å²) in [6, 6.07) is 0. The maximum atomic E-state index is 11.5. The number of hydrogen-bond donors (Lipinski definition) is 0. The molecule has 7 nitrogen and oxygen atoms in total. The van der Waals surface area contributed by atoms with Crippen LogP contribution in [0.2, 0.25) is 0 Å². The molecular formula is C10H14N2O5. The van der Waals surface area contributed by atoms with Gasteiger partial charge in [-0.05, 0) is 13.8 Å². The largest absolute Gasteiger partial charge is 0.515 e. The normalized spacial score (nSPS) is 9.82. The lowest BCUT2D eigenvalue weighted by atomic mass is 10.3. The first-order chi connectivity index (χ1) is 8.08. The van der Waals surface area contributed by atoms with Gasteiger partial charge in [0.25, 0.3) is 5.88 Å². The summed E-state index contributed by atoms with van der Waals surface area (Å²) in [5.41, 5.74) is 0.0856. The Labute approximate surface area is 98.3 Å². The molecule has 0 amide bonds. The first-order valence-electron chi connectivity index (χ1n) is 5.13. The molecule has 0 aromatic carbocycles. The van der Waals surface area contributed by atoms with Gasteiger partial charge in [0.15, 0.2) is 0 Å². The van der Waals surface area contributed by atoms with Gasteiger partial charge in [-0.2, -0.15) is 0 Å². The maximum Gasteiger partial charge on any atom is 0.515 e. The second kappa shape index (κ2) is 5.88. The van der Waals surface area contributed by atoms with Crippen molar-refractivity contribution in [2.45, 2.75) is 13.8 Å². The van der Waals surface area contributed by atoms with E-state index in [2.05, 4.69) is 9.84 Å². The predicted molar refractivity (Wildman–Crippen MR) is 56.8 cm³/mol. The number of carbonyl (C=O) groups excluding carboxylic acids is 2. The highest BCUT2D eigenvalue weighted by molar-refractivity contribution is 5.92. The molecular weight excluding hydrogens is 228 g/mol. The molecule has 0 unspecified atom stereocenters. The van der Waals surface area contributed by atoms with Crippen LogP contribution in [-0.2, 0) is 16.5 Å². The average molecular weight is 242 g/mol. The number of esters is 1. The zero-order valence-corrected chi connectivity index (χ0v) is 9.93. The fraction of sp³-hybridized carbons (Fsp3) is 0.500. The zero-order chi connectivity index (χ0) is 12.8. The molecule has 0 aliphatic rings. The van der Waals surface area contributed by atoms with Crippen LogP contribution in [-0.4, -0.2) is 35.1 Å². The topological polar surface area (TPSA) is 79.7 Å². The van der Waals surface area contributed by atoms with Gasteiger partial charge in [0, 0.05) is 13.2 Å². The fourth-order valence-corrected chi connectivity index (χ4v) is 1.12. The summed E-state index contributed by atoms with van der Waals surface area (Å²) in [5, 5.41) is 3.83. The SMILES string of the molecule is CCOC(=O)Oc1nn(C)cc1C(=O)OCC. The molecule has 0 aliphatic heterocycles. The monoisotopic (exact) mass is 242 g/mol. The molecule has 0 saturated carbocycles. The van der Waals surface area contributed by atoms with E-state index in [1.54, 1.807) is 20.9 Å². The third-order valence-electron chi connectivity index (χ3n) is 1.73. The minimum Gasteiger partial charge on any atom is -0.462 e. The number of carbonyl (C=O) groups is 2. The van der Waals surface area contributed by atoms with Crippen LogP contribution in [0.3, 0.4) is 0 Å². The van der Waals surface area contributed by atoms with Gasteiger partial charge >= 0.3 is 12.1 Å². The first kappa shape index (κ1) is 13.0. The summed E-state index contributed by atoms with van der Waals surface area (Å²) in [7, 11) is 1.60. The van der Waals surface area contributed by atoms with Crippen LogP contribution in [0, 0.1) is 0 Å². The maximum absolute atomic E-state index is 11.5. The van der Waals surface area contributed by atoms with Crippen LogP contribution in [0.15, 0.2) is 6.20 Å². The minimum absolute atomic E-state index is 0.0856. The van der Waals surface area contributed by atoms with Gasteiger partial charge in [-0.15, -0.1) is 5.10 Å². The van der Waals surface area contributed by atoms with Crippen molar-refractivity contribution in [1.29, 1.82) is 0 Å². The molecule has 1 aromatic heterocycles. The van der Waals surface area contributed by atoms with E-state index in [-0.39, 0.29) is 24.7 Å². The van der Waals surface area contributed by atoms with E-state index in [9.17, 15) is 9.59 Å². The standard InChI is InChI=1S/C10H14N2O5/c1-4-15-9(13)7-6-12(3)11-8(7)17-10(14)16-5-2/h6H,4-5H2,1-3H3. The van der Waals surface area contributed by atoms with E-state index in [1.165, 1.54) is 10.9 Å². The molecule has 0 saturated heterocycles. The summed E-state index contributed by atoms with van der Waals surface area (Å²) >= 11 is 0. The highest BCUT2D eigenvalue weighted by Gasteiger charge is 2.21. The molecule has 94 valence electrons. The van der Waals surface area contributed by atoms with Crippen LogP contribution in [0.1, 0.15) is 24.2 Å². The van der Waals surface area contributed by atoms with Crippen LogP contribution < -0.4 is 4.74 Å². The molecule has 0 spiro atoms. The summed E-state index contributed by atoms with van der Waals surface area (Å²) in [5.74, 6) is -0.718. The molecule has 1 aromatic rings. The predicted octanol–water partition coefficient (Wildman–Crippen LogP) is 1.13. The molecule has 0 fully saturated rings. The summed E-state index contributed by atoms with van der Waals surface area (Å²) in [6.07, 6.45) is 0.503. The van der Waals surface area contributed by atoms with Crippen LogP contribution >= 0.6 is 0 Å². The lowest BCUT2D eigenvalue weighted by Gasteiger charge is -2.03. The number of ether oxygens (including phenoxy) is 3. The first-order valence-corrected chi connectivity index (χ1v) is 5.13. The van der Waals surface area contributed by atoms with Crippen molar-refractivity contribution in [3.05, 3.63) is 11.8 Å². The Morgan fingerprint density at radius 1 is 1.29 bits per heavy atom. The lowest BCUT2D eigenvalue weighted by molar-refractivity contribution is 0.0521. The molecule has 0 N–H and O–H groups in total. The van der Waals surface area contributed by atoms with Crippen molar-refractivity contribution in [2.75, 3.05) is 13.2 Å². The van der Waals surface area contributed by atoms with Crippen molar-refractivity contribution < 1.29 is 23.8 Å². The number of aromatic nitrogens is 2. The smallest absolute Gasteiger partial charge is 0.462 e. The third kappa shape index (κ3) is 3.47. The van der Waals surface area contributed by atoms with Crippen molar-refractivity contribution in [2.24, 2.45) is 7.05 Å². The van der Waals surface area contributed by atoms with Gasteiger partial charge in [-0.3, -0.25) is 4.68 Å². The van der Waals surface area contributed by atoms with E-state index in [4.69, 9.17) is 9.47 Å². The molecule has 17 heavy (non-hydrogen) atoms. The van der Waals surface area contributed by atoms with E-state index in [0.717, 1.165) is 0 Å². The van der Waals surface area contributed by atoms with Gasteiger partial charge < -0.3 is 14.2 Å². The number of rotatable bonds is 4. The van der Waals surface area contributed by atoms with Crippen molar-refractivity contribution in [3.8, 4) is 5.88 Å².